The summed E-state index contributed by atoms with van der Waals surface area (Å²) in [5, 5.41) is 11.3. The van der Waals surface area contributed by atoms with Gasteiger partial charge in [0.05, 0.1) is 11.1 Å². The molecule has 0 saturated carbocycles. The molecule has 2 N–H and O–H groups in total. The maximum Gasteiger partial charge on any atom is 0.272 e. The highest BCUT2D eigenvalue weighted by atomic mass is 35.5. The Morgan fingerprint density at radius 3 is 3.00 bits per heavy atom. The van der Waals surface area contributed by atoms with Gasteiger partial charge in [-0.3, -0.25) is 9.88 Å². The van der Waals surface area contributed by atoms with Crippen molar-refractivity contribution in [2.75, 3.05) is 0 Å². The fourth-order valence-corrected chi connectivity index (χ4v) is 1.79. The van der Waals surface area contributed by atoms with Crippen molar-refractivity contribution in [1.82, 2.24) is 15.3 Å². The molecule has 0 aliphatic heterocycles. The standard InChI is InChI=1S/C9H9ClN3OP/c10-5-1-2-6-7(3-5)8(4-11-15)12-13-9(6)14/h1-3,11H,4,15H2,(H,13,14). The van der Waals surface area contributed by atoms with E-state index in [1.165, 1.54) is 0 Å². The van der Waals surface area contributed by atoms with E-state index in [1.807, 2.05) is 0 Å². The van der Waals surface area contributed by atoms with Crippen molar-refractivity contribution >= 4 is 31.8 Å². The quantitative estimate of drug-likeness (QED) is 0.783. The van der Waals surface area contributed by atoms with Crippen LogP contribution in [0, 0.1) is 0 Å². The lowest BCUT2D eigenvalue weighted by molar-refractivity contribution is 0.866. The molecule has 0 radical (unpaired) electrons. The lowest BCUT2D eigenvalue weighted by Crippen LogP contribution is -2.13. The van der Waals surface area contributed by atoms with Gasteiger partial charge in [-0.2, -0.15) is 5.10 Å². The van der Waals surface area contributed by atoms with Crippen molar-refractivity contribution in [3.63, 3.8) is 0 Å². The lowest BCUT2D eigenvalue weighted by Gasteiger charge is -2.03. The van der Waals surface area contributed by atoms with Crippen LogP contribution in [-0.4, -0.2) is 10.2 Å². The third-order valence-electron chi connectivity index (χ3n) is 2.10. The maximum atomic E-state index is 11.5. The van der Waals surface area contributed by atoms with Gasteiger partial charge in [0.25, 0.3) is 5.56 Å². The molecule has 15 heavy (non-hydrogen) atoms. The second-order valence-electron chi connectivity index (χ2n) is 3.07. The van der Waals surface area contributed by atoms with Gasteiger partial charge in [0.1, 0.15) is 0 Å². The molecule has 0 bridgehead atoms. The Labute approximate surface area is 93.3 Å². The van der Waals surface area contributed by atoms with E-state index < -0.39 is 0 Å². The third kappa shape index (κ3) is 2.02. The molecule has 0 fully saturated rings. The van der Waals surface area contributed by atoms with Gasteiger partial charge >= 0.3 is 0 Å². The SMILES string of the molecule is O=c1[nH]nc(CNP)c2cc(Cl)ccc12. The number of aromatic amines is 1. The predicted molar refractivity (Wildman–Crippen MR) is 63.9 cm³/mol. The van der Waals surface area contributed by atoms with Crippen molar-refractivity contribution in [3.8, 4) is 0 Å². The third-order valence-corrected chi connectivity index (χ3v) is 2.54. The summed E-state index contributed by atoms with van der Waals surface area (Å²) in [6.07, 6.45) is 0. The van der Waals surface area contributed by atoms with E-state index in [4.69, 9.17) is 11.6 Å². The fraction of sp³-hybridized carbons (Fsp3) is 0.111. The van der Waals surface area contributed by atoms with Crippen LogP contribution in [0.4, 0.5) is 0 Å². The average Bonchev–Trinajstić information content (AvgIpc) is 2.22. The second-order valence-corrected chi connectivity index (χ2v) is 3.91. The Balaban J connectivity index is 2.78. The van der Waals surface area contributed by atoms with E-state index >= 15 is 0 Å². The molecule has 78 valence electrons. The molecule has 0 aliphatic carbocycles. The monoisotopic (exact) mass is 241 g/mol. The van der Waals surface area contributed by atoms with Gasteiger partial charge in [-0.05, 0) is 18.2 Å². The molecule has 0 spiro atoms. The molecular formula is C9H9ClN3OP. The first-order valence-corrected chi connectivity index (χ1v) is 5.28. The van der Waals surface area contributed by atoms with E-state index in [0.717, 1.165) is 11.1 Å². The molecule has 2 aromatic rings. The van der Waals surface area contributed by atoms with E-state index in [9.17, 15) is 4.79 Å². The number of aromatic nitrogens is 2. The summed E-state index contributed by atoms with van der Waals surface area (Å²) in [6.45, 7) is 0.554. The molecule has 0 aliphatic rings. The first-order chi connectivity index (χ1) is 7.22. The molecule has 6 heteroatoms. The normalized spacial score (nSPS) is 10.8. The van der Waals surface area contributed by atoms with Gasteiger partial charge in [0.15, 0.2) is 0 Å². The van der Waals surface area contributed by atoms with Crippen molar-refractivity contribution in [1.29, 1.82) is 0 Å². The summed E-state index contributed by atoms with van der Waals surface area (Å²) in [6, 6.07) is 5.14. The fourth-order valence-electron chi connectivity index (χ4n) is 1.42. The summed E-state index contributed by atoms with van der Waals surface area (Å²) in [4.78, 5) is 11.5. The van der Waals surface area contributed by atoms with Gasteiger partial charge in [-0.25, -0.2) is 5.10 Å². The predicted octanol–water partition coefficient (Wildman–Crippen LogP) is 1.46. The smallest absolute Gasteiger partial charge is 0.272 e. The average molecular weight is 242 g/mol. The zero-order valence-electron chi connectivity index (χ0n) is 7.75. The number of nitrogens with zero attached hydrogens (tertiary/aromatic N) is 1. The number of hydrogen-bond acceptors (Lipinski definition) is 3. The molecule has 1 unspecified atom stereocenters. The lowest BCUT2D eigenvalue weighted by atomic mass is 10.1. The van der Waals surface area contributed by atoms with Crippen LogP contribution < -0.4 is 10.6 Å². The Bertz CT molecular complexity index is 555. The summed E-state index contributed by atoms with van der Waals surface area (Å²) in [5.41, 5.74) is 0.566. The highest BCUT2D eigenvalue weighted by Gasteiger charge is 2.05. The summed E-state index contributed by atoms with van der Waals surface area (Å²) in [7, 11) is 2.39. The van der Waals surface area contributed by atoms with E-state index in [1.54, 1.807) is 18.2 Å². The van der Waals surface area contributed by atoms with Crippen LogP contribution in [0.15, 0.2) is 23.0 Å². The highest BCUT2D eigenvalue weighted by molar-refractivity contribution is 7.13. The number of rotatable bonds is 2. The number of fused-ring (bicyclic) bond motifs is 1. The molecule has 4 nitrogen and oxygen atoms in total. The van der Waals surface area contributed by atoms with Crippen LogP contribution in [0.3, 0.4) is 0 Å². The highest BCUT2D eigenvalue weighted by Crippen LogP contribution is 2.18. The minimum atomic E-state index is -0.200. The van der Waals surface area contributed by atoms with Crippen molar-refractivity contribution < 1.29 is 0 Å². The largest absolute Gasteiger partial charge is 0.295 e. The van der Waals surface area contributed by atoms with E-state index in [-0.39, 0.29) is 5.56 Å². The Morgan fingerprint density at radius 2 is 2.27 bits per heavy atom. The molecule has 1 aromatic heterocycles. The molecule has 1 heterocycles. The number of H-pyrrole nitrogens is 1. The number of hydrogen-bond donors (Lipinski definition) is 2. The van der Waals surface area contributed by atoms with Crippen molar-refractivity contribution in [2.24, 2.45) is 0 Å². The van der Waals surface area contributed by atoms with Crippen LogP contribution in [0.1, 0.15) is 5.69 Å². The van der Waals surface area contributed by atoms with Crippen LogP contribution >= 0.6 is 21.0 Å². The van der Waals surface area contributed by atoms with Gasteiger partial charge < -0.3 is 0 Å². The molecule has 1 aromatic carbocycles. The molecule has 1 atom stereocenters. The van der Waals surface area contributed by atoms with Crippen LogP contribution in [0.25, 0.3) is 10.8 Å². The Kier molecular flexibility index (Phi) is 3.00. The van der Waals surface area contributed by atoms with Crippen LogP contribution in [0.2, 0.25) is 5.02 Å². The topological polar surface area (TPSA) is 57.8 Å². The van der Waals surface area contributed by atoms with E-state index in [0.29, 0.717) is 17.0 Å². The summed E-state index contributed by atoms with van der Waals surface area (Å²) in [5.74, 6) is 0. The Hall–Kier alpha value is -0.960. The van der Waals surface area contributed by atoms with Gasteiger partial charge in [0, 0.05) is 17.0 Å². The molecule has 0 saturated heterocycles. The summed E-state index contributed by atoms with van der Waals surface area (Å²) >= 11 is 5.88. The number of nitrogens with one attached hydrogen (secondary N) is 2. The summed E-state index contributed by atoms with van der Waals surface area (Å²) < 4.78 is 0. The minimum absolute atomic E-state index is 0.200. The molecule has 0 amide bonds. The van der Waals surface area contributed by atoms with Gasteiger partial charge in [-0.15, -0.1) is 0 Å². The van der Waals surface area contributed by atoms with E-state index in [2.05, 4.69) is 24.7 Å². The van der Waals surface area contributed by atoms with Crippen LogP contribution in [-0.2, 0) is 6.54 Å². The first-order valence-electron chi connectivity index (χ1n) is 4.32. The number of benzene rings is 1. The second kappa shape index (κ2) is 4.27. The molecule has 2 rings (SSSR count). The maximum absolute atomic E-state index is 11.5. The number of halogens is 1. The van der Waals surface area contributed by atoms with Gasteiger partial charge in [0.2, 0.25) is 0 Å². The van der Waals surface area contributed by atoms with Crippen molar-refractivity contribution in [2.45, 2.75) is 6.54 Å². The first kappa shape index (κ1) is 10.6. The minimum Gasteiger partial charge on any atom is -0.295 e. The zero-order valence-corrected chi connectivity index (χ0v) is 9.66. The van der Waals surface area contributed by atoms with Crippen LogP contribution in [0.5, 0.6) is 0 Å². The van der Waals surface area contributed by atoms with Crippen molar-refractivity contribution in [3.05, 3.63) is 39.3 Å². The Morgan fingerprint density at radius 1 is 1.47 bits per heavy atom. The zero-order chi connectivity index (χ0) is 10.8. The van der Waals surface area contributed by atoms with Gasteiger partial charge in [-0.1, -0.05) is 21.0 Å². The molecular weight excluding hydrogens is 233 g/mol.